The highest BCUT2D eigenvalue weighted by molar-refractivity contribution is 5.93. The maximum Gasteiger partial charge on any atom is 0.248 e. The Morgan fingerprint density at radius 1 is 1.56 bits per heavy atom. The van der Waals surface area contributed by atoms with E-state index in [4.69, 9.17) is 5.73 Å². The maximum absolute atomic E-state index is 11.1. The molecule has 4 nitrogen and oxygen atoms in total. The zero-order valence-electron chi connectivity index (χ0n) is 11.1. The van der Waals surface area contributed by atoms with Crippen molar-refractivity contribution >= 4 is 5.91 Å². The van der Waals surface area contributed by atoms with Crippen LogP contribution in [0.2, 0.25) is 0 Å². The largest absolute Gasteiger partial charge is 0.366 e. The van der Waals surface area contributed by atoms with Crippen molar-refractivity contribution in [3.8, 4) is 0 Å². The number of benzene rings is 1. The van der Waals surface area contributed by atoms with Crippen molar-refractivity contribution in [1.29, 1.82) is 0 Å². The van der Waals surface area contributed by atoms with Crippen LogP contribution in [-0.2, 0) is 6.54 Å². The average molecular weight is 247 g/mol. The van der Waals surface area contributed by atoms with Crippen molar-refractivity contribution in [1.82, 2.24) is 10.2 Å². The van der Waals surface area contributed by atoms with Crippen molar-refractivity contribution in [2.75, 3.05) is 19.6 Å². The first-order valence-electron chi connectivity index (χ1n) is 6.42. The first-order valence-corrected chi connectivity index (χ1v) is 6.42. The number of carbonyl (C=O) groups is 1. The lowest BCUT2D eigenvalue weighted by atomic mass is 10.0. The molecular formula is C14H21N3O. The molecule has 0 aromatic heterocycles. The zero-order chi connectivity index (χ0) is 13.1. The number of amides is 1. The van der Waals surface area contributed by atoms with Crippen LogP contribution in [0.5, 0.6) is 0 Å². The van der Waals surface area contributed by atoms with Crippen LogP contribution < -0.4 is 11.1 Å². The average Bonchev–Trinajstić information content (AvgIpc) is 2.34. The Hall–Kier alpha value is -1.39. The van der Waals surface area contributed by atoms with E-state index in [1.807, 2.05) is 25.1 Å². The molecule has 1 aliphatic heterocycles. The van der Waals surface area contributed by atoms with Gasteiger partial charge in [0, 0.05) is 37.8 Å². The second-order valence-corrected chi connectivity index (χ2v) is 5.03. The van der Waals surface area contributed by atoms with Crippen molar-refractivity contribution in [3.63, 3.8) is 0 Å². The van der Waals surface area contributed by atoms with Gasteiger partial charge in [0.05, 0.1) is 0 Å². The highest BCUT2D eigenvalue weighted by Gasteiger charge is 2.18. The quantitative estimate of drug-likeness (QED) is 0.834. The maximum atomic E-state index is 11.1. The molecule has 1 aromatic rings. The highest BCUT2D eigenvalue weighted by atomic mass is 16.1. The minimum Gasteiger partial charge on any atom is -0.366 e. The molecular weight excluding hydrogens is 226 g/mol. The fraction of sp³-hybridized carbons (Fsp3) is 0.500. The summed E-state index contributed by atoms with van der Waals surface area (Å²) >= 11 is 0. The SMILES string of the molecule is Cc1cc(C(N)=O)ccc1CN1CCNC[C@H]1C. The fourth-order valence-corrected chi connectivity index (χ4v) is 2.36. The number of piperazine rings is 1. The second-order valence-electron chi connectivity index (χ2n) is 5.03. The van der Waals surface area contributed by atoms with E-state index in [1.54, 1.807) is 0 Å². The molecule has 3 N–H and O–H groups in total. The summed E-state index contributed by atoms with van der Waals surface area (Å²) in [4.78, 5) is 13.6. The molecule has 0 bridgehead atoms. The number of nitrogens with two attached hydrogens (primary N) is 1. The lowest BCUT2D eigenvalue weighted by Crippen LogP contribution is -2.49. The van der Waals surface area contributed by atoms with E-state index in [-0.39, 0.29) is 5.91 Å². The lowest BCUT2D eigenvalue weighted by molar-refractivity contribution is 0.1000. The molecule has 1 aromatic carbocycles. The molecule has 1 saturated heterocycles. The van der Waals surface area contributed by atoms with Gasteiger partial charge in [0.1, 0.15) is 0 Å². The molecule has 0 saturated carbocycles. The van der Waals surface area contributed by atoms with Crippen LogP contribution in [0.1, 0.15) is 28.4 Å². The van der Waals surface area contributed by atoms with Gasteiger partial charge in [0.15, 0.2) is 0 Å². The molecule has 18 heavy (non-hydrogen) atoms. The third-order valence-corrected chi connectivity index (χ3v) is 3.64. The predicted molar refractivity (Wildman–Crippen MR) is 72.4 cm³/mol. The van der Waals surface area contributed by atoms with Crippen LogP contribution in [0.15, 0.2) is 18.2 Å². The Bertz CT molecular complexity index is 445. The van der Waals surface area contributed by atoms with Gasteiger partial charge in [-0.2, -0.15) is 0 Å². The number of carbonyl (C=O) groups excluding carboxylic acids is 1. The molecule has 2 rings (SSSR count). The van der Waals surface area contributed by atoms with E-state index in [0.29, 0.717) is 11.6 Å². The van der Waals surface area contributed by atoms with E-state index in [9.17, 15) is 4.79 Å². The number of nitrogens with one attached hydrogen (secondary N) is 1. The molecule has 1 fully saturated rings. The molecule has 1 atom stereocenters. The highest BCUT2D eigenvalue weighted by Crippen LogP contribution is 2.15. The molecule has 0 spiro atoms. The number of rotatable bonds is 3. The third kappa shape index (κ3) is 2.89. The fourth-order valence-electron chi connectivity index (χ4n) is 2.36. The standard InChI is InChI=1S/C14H21N3O/c1-10-7-12(14(15)18)3-4-13(10)9-17-6-5-16-8-11(17)2/h3-4,7,11,16H,5-6,8-9H2,1-2H3,(H2,15,18)/t11-/m1/s1. The van der Waals surface area contributed by atoms with E-state index in [1.165, 1.54) is 5.56 Å². The van der Waals surface area contributed by atoms with Crippen molar-refractivity contribution in [2.45, 2.75) is 26.4 Å². The van der Waals surface area contributed by atoms with Gasteiger partial charge in [0.25, 0.3) is 0 Å². The topological polar surface area (TPSA) is 58.4 Å². The van der Waals surface area contributed by atoms with E-state index in [0.717, 1.165) is 31.7 Å². The van der Waals surface area contributed by atoms with Gasteiger partial charge in [-0.1, -0.05) is 6.07 Å². The molecule has 4 heteroatoms. The Balaban J connectivity index is 2.11. The van der Waals surface area contributed by atoms with Gasteiger partial charge in [-0.25, -0.2) is 0 Å². The second kappa shape index (κ2) is 5.50. The molecule has 1 aliphatic rings. The van der Waals surface area contributed by atoms with Gasteiger partial charge in [0.2, 0.25) is 5.91 Å². The van der Waals surface area contributed by atoms with Crippen LogP contribution >= 0.6 is 0 Å². The predicted octanol–water partition coefficient (Wildman–Crippen LogP) is 0.888. The van der Waals surface area contributed by atoms with Crippen LogP contribution in [0.3, 0.4) is 0 Å². The van der Waals surface area contributed by atoms with Gasteiger partial charge < -0.3 is 11.1 Å². The van der Waals surface area contributed by atoms with Gasteiger partial charge in [-0.3, -0.25) is 9.69 Å². The Labute approximate surface area is 108 Å². The molecule has 98 valence electrons. The summed E-state index contributed by atoms with van der Waals surface area (Å²) in [5.41, 5.74) is 8.28. The summed E-state index contributed by atoms with van der Waals surface area (Å²) in [5.74, 6) is -0.361. The Kier molecular flexibility index (Phi) is 3.99. The third-order valence-electron chi connectivity index (χ3n) is 3.64. The van der Waals surface area contributed by atoms with E-state index in [2.05, 4.69) is 17.1 Å². The van der Waals surface area contributed by atoms with Crippen LogP contribution in [0, 0.1) is 6.92 Å². The smallest absolute Gasteiger partial charge is 0.248 e. The monoisotopic (exact) mass is 247 g/mol. The minimum atomic E-state index is -0.361. The number of hydrogen-bond acceptors (Lipinski definition) is 3. The summed E-state index contributed by atoms with van der Waals surface area (Å²) in [6.07, 6.45) is 0. The lowest BCUT2D eigenvalue weighted by Gasteiger charge is -2.34. The van der Waals surface area contributed by atoms with Crippen molar-refractivity contribution in [2.24, 2.45) is 5.73 Å². The van der Waals surface area contributed by atoms with Crippen LogP contribution in [0.25, 0.3) is 0 Å². The number of hydrogen-bond donors (Lipinski definition) is 2. The molecule has 0 aliphatic carbocycles. The molecule has 1 amide bonds. The van der Waals surface area contributed by atoms with Crippen molar-refractivity contribution < 1.29 is 4.79 Å². The van der Waals surface area contributed by atoms with Gasteiger partial charge in [-0.15, -0.1) is 0 Å². The number of aryl methyl sites for hydroxylation is 1. The molecule has 1 heterocycles. The number of nitrogens with zero attached hydrogens (tertiary/aromatic N) is 1. The normalized spacial score (nSPS) is 20.9. The zero-order valence-corrected chi connectivity index (χ0v) is 11.1. The van der Waals surface area contributed by atoms with E-state index >= 15 is 0 Å². The molecule has 0 radical (unpaired) electrons. The minimum absolute atomic E-state index is 0.361. The van der Waals surface area contributed by atoms with Gasteiger partial charge >= 0.3 is 0 Å². The van der Waals surface area contributed by atoms with Crippen molar-refractivity contribution in [3.05, 3.63) is 34.9 Å². The van der Waals surface area contributed by atoms with E-state index < -0.39 is 0 Å². The Morgan fingerprint density at radius 2 is 2.33 bits per heavy atom. The summed E-state index contributed by atoms with van der Waals surface area (Å²) in [7, 11) is 0. The van der Waals surface area contributed by atoms with Gasteiger partial charge in [-0.05, 0) is 37.1 Å². The summed E-state index contributed by atoms with van der Waals surface area (Å²) in [6.45, 7) is 8.36. The summed E-state index contributed by atoms with van der Waals surface area (Å²) in [6, 6.07) is 6.26. The summed E-state index contributed by atoms with van der Waals surface area (Å²) < 4.78 is 0. The summed E-state index contributed by atoms with van der Waals surface area (Å²) in [5, 5.41) is 3.39. The first kappa shape index (κ1) is 13.1. The van der Waals surface area contributed by atoms with Crippen LogP contribution in [-0.4, -0.2) is 36.5 Å². The van der Waals surface area contributed by atoms with Crippen LogP contribution in [0.4, 0.5) is 0 Å². The Morgan fingerprint density at radius 3 is 2.94 bits per heavy atom. The number of primary amides is 1. The first-order chi connectivity index (χ1) is 8.58. The molecule has 0 unspecified atom stereocenters.